The molecule has 0 saturated carbocycles. The topological polar surface area (TPSA) is 37.4 Å². The van der Waals surface area contributed by atoms with E-state index in [0.29, 0.717) is 11.1 Å². The number of fused-ring (bicyclic) bond motifs is 2. The fourth-order valence-electron chi connectivity index (χ4n) is 3.29. The number of halogens is 1. The molecule has 1 unspecified atom stereocenters. The molecule has 4 nitrogen and oxygen atoms in total. The standard InChI is InChI=1S/C22H28ClN3O/c1-5-15(2)26(3)12-6-11-24-22-18-9-7-16(23)13-21(18)25-20-10-8-17(27-4)14-19(20)22/h7-10,13-15H,5-6,11-12H2,1-4H3,(H,24,25). The number of nitrogens with one attached hydrogen (secondary N) is 1. The molecule has 0 fully saturated rings. The molecule has 0 amide bonds. The van der Waals surface area contributed by atoms with E-state index in [0.717, 1.165) is 52.8 Å². The molecule has 0 bridgehead atoms. The molecule has 0 radical (unpaired) electrons. The Labute approximate surface area is 166 Å². The summed E-state index contributed by atoms with van der Waals surface area (Å²) in [6.07, 6.45) is 2.24. The first kappa shape index (κ1) is 19.7. The number of anilines is 1. The maximum atomic E-state index is 6.19. The number of nitrogens with zero attached hydrogens (tertiary/aromatic N) is 2. The van der Waals surface area contributed by atoms with Crippen LogP contribution in [0.15, 0.2) is 36.4 Å². The molecule has 0 aliphatic heterocycles. The highest BCUT2D eigenvalue weighted by Gasteiger charge is 2.11. The Hall–Kier alpha value is -2.04. The summed E-state index contributed by atoms with van der Waals surface area (Å²) in [7, 11) is 3.88. The third-order valence-corrected chi connectivity index (χ3v) is 5.51. The van der Waals surface area contributed by atoms with E-state index < -0.39 is 0 Å². The van der Waals surface area contributed by atoms with E-state index in [1.165, 1.54) is 6.42 Å². The zero-order valence-corrected chi connectivity index (χ0v) is 17.3. The number of methoxy groups -OCH3 is 1. The molecule has 0 saturated heterocycles. The predicted octanol–water partition coefficient (Wildman–Crippen LogP) is 5.58. The lowest BCUT2D eigenvalue weighted by Crippen LogP contribution is -2.30. The summed E-state index contributed by atoms with van der Waals surface area (Å²) in [4.78, 5) is 7.19. The number of ether oxygens (including phenoxy) is 1. The first-order valence-electron chi connectivity index (χ1n) is 9.54. The van der Waals surface area contributed by atoms with E-state index in [2.05, 4.69) is 31.1 Å². The maximum Gasteiger partial charge on any atom is 0.119 e. The maximum absolute atomic E-state index is 6.19. The van der Waals surface area contributed by atoms with E-state index in [9.17, 15) is 0 Å². The van der Waals surface area contributed by atoms with Crippen LogP contribution in [0.4, 0.5) is 5.69 Å². The van der Waals surface area contributed by atoms with Gasteiger partial charge in [0.25, 0.3) is 0 Å². The van der Waals surface area contributed by atoms with Gasteiger partial charge >= 0.3 is 0 Å². The van der Waals surface area contributed by atoms with Crippen LogP contribution in [-0.2, 0) is 0 Å². The fraction of sp³-hybridized carbons (Fsp3) is 0.409. The van der Waals surface area contributed by atoms with E-state index >= 15 is 0 Å². The molecule has 27 heavy (non-hydrogen) atoms. The van der Waals surface area contributed by atoms with Crippen LogP contribution in [-0.4, -0.2) is 43.2 Å². The van der Waals surface area contributed by atoms with Gasteiger partial charge in [0.2, 0.25) is 0 Å². The smallest absolute Gasteiger partial charge is 0.119 e. The summed E-state index contributed by atoms with van der Waals surface area (Å²) in [5.41, 5.74) is 2.93. The molecule has 0 aliphatic rings. The first-order chi connectivity index (χ1) is 13.0. The summed E-state index contributed by atoms with van der Waals surface area (Å²) in [6, 6.07) is 12.5. The van der Waals surface area contributed by atoms with Gasteiger partial charge in [-0.2, -0.15) is 0 Å². The van der Waals surface area contributed by atoms with Crippen molar-refractivity contribution in [2.24, 2.45) is 0 Å². The lowest BCUT2D eigenvalue weighted by molar-refractivity contribution is 0.251. The molecule has 1 atom stereocenters. The Bertz CT molecular complexity index is 928. The van der Waals surface area contributed by atoms with Crippen molar-refractivity contribution in [3.05, 3.63) is 41.4 Å². The van der Waals surface area contributed by atoms with Crippen molar-refractivity contribution in [2.75, 3.05) is 32.6 Å². The lowest BCUT2D eigenvalue weighted by atomic mass is 10.1. The monoisotopic (exact) mass is 385 g/mol. The largest absolute Gasteiger partial charge is 0.497 e. The zero-order chi connectivity index (χ0) is 19.4. The van der Waals surface area contributed by atoms with Crippen molar-refractivity contribution in [1.82, 2.24) is 9.88 Å². The number of aromatic nitrogens is 1. The van der Waals surface area contributed by atoms with E-state index in [4.69, 9.17) is 21.3 Å². The molecule has 5 heteroatoms. The Kier molecular flexibility index (Phi) is 6.40. The van der Waals surface area contributed by atoms with Gasteiger partial charge in [0, 0.05) is 28.4 Å². The summed E-state index contributed by atoms with van der Waals surface area (Å²) >= 11 is 6.19. The van der Waals surface area contributed by atoms with Crippen molar-refractivity contribution in [1.29, 1.82) is 0 Å². The van der Waals surface area contributed by atoms with E-state index in [-0.39, 0.29) is 0 Å². The highest BCUT2D eigenvalue weighted by atomic mass is 35.5. The average molecular weight is 386 g/mol. The van der Waals surface area contributed by atoms with E-state index in [1.54, 1.807) is 7.11 Å². The lowest BCUT2D eigenvalue weighted by Gasteiger charge is -2.23. The van der Waals surface area contributed by atoms with Gasteiger partial charge in [0.1, 0.15) is 5.75 Å². The number of hydrogen-bond acceptors (Lipinski definition) is 4. The molecule has 1 N–H and O–H groups in total. The summed E-state index contributed by atoms with van der Waals surface area (Å²) in [5, 5.41) is 6.49. The zero-order valence-electron chi connectivity index (χ0n) is 16.6. The number of hydrogen-bond donors (Lipinski definition) is 1. The van der Waals surface area contributed by atoms with Gasteiger partial charge in [-0.25, -0.2) is 4.98 Å². The Morgan fingerprint density at radius 3 is 2.70 bits per heavy atom. The Balaban J connectivity index is 1.90. The minimum Gasteiger partial charge on any atom is -0.497 e. The second-order valence-corrected chi connectivity index (χ2v) is 7.49. The van der Waals surface area contributed by atoms with Crippen molar-refractivity contribution in [2.45, 2.75) is 32.7 Å². The third-order valence-electron chi connectivity index (χ3n) is 5.28. The molecule has 1 aromatic heterocycles. The first-order valence-corrected chi connectivity index (χ1v) is 9.92. The molecule has 0 spiro atoms. The van der Waals surface area contributed by atoms with Crippen LogP contribution in [0.3, 0.4) is 0 Å². The minimum atomic E-state index is 0.610. The van der Waals surface area contributed by atoms with Crippen LogP contribution in [0, 0.1) is 0 Å². The fourth-order valence-corrected chi connectivity index (χ4v) is 3.45. The number of pyridine rings is 1. The highest BCUT2D eigenvalue weighted by molar-refractivity contribution is 6.31. The number of rotatable bonds is 8. The Morgan fingerprint density at radius 2 is 1.96 bits per heavy atom. The van der Waals surface area contributed by atoms with Gasteiger partial charge in [-0.1, -0.05) is 18.5 Å². The molecule has 3 aromatic rings. The van der Waals surface area contributed by atoms with Crippen molar-refractivity contribution < 1.29 is 4.74 Å². The van der Waals surface area contributed by atoms with Crippen molar-refractivity contribution >= 4 is 39.1 Å². The highest BCUT2D eigenvalue weighted by Crippen LogP contribution is 2.34. The van der Waals surface area contributed by atoms with Crippen LogP contribution in [0.1, 0.15) is 26.7 Å². The van der Waals surface area contributed by atoms with Crippen LogP contribution in [0.2, 0.25) is 5.02 Å². The van der Waals surface area contributed by atoms with Crippen LogP contribution >= 0.6 is 11.6 Å². The van der Waals surface area contributed by atoms with Crippen molar-refractivity contribution in [3.63, 3.8) is 0 Å². The predicted molar refractivity (Wildman–Crippen MR) is 116 cm³/mol. The summed E-state index contributed by atoms with van der Waals surface area (Å²) < 4.78 is 5.42. The summed E-state index contributed by atoms with van der Waals surface area (Å²) in [6.45, 7) is 6.47. The van der Waals surface area contributed by atoms with Crippen LogP contribution in [0.5, 0.6) is 5.75 Å². The van der Waals surface area contributed by atoms with Gasteiger partial charge in [0.15, 0.2) is 0 Å². The van der Waals surface area contributed by atoms with Gasteiger partial charge in [-0.05, 0) is 69.8 Å². The van der Waals surface area contributed by atoms with Crippen LogP contribution in [0.25, 0.3) is 21.8 Å². The SMILES string of the molecule is CCC(C)N(C)CCCNc1c2ccc(Cl)cc2nc2ccc(OC)cc12. The molecule has 1 heterocycles. The normalized spacial score (nSPS) is 12.7. The molecule has 2 aromatic carbocycles. The van der Waals surface area contributed by atoms with Gasteiger partial charge in [-0.15, -0.1) is 0 Å². The van der Waals surface area contributed by atoms with Crippen molar-refractivity contribution in [3.8, 4) is 5.75 Å². The Morgan fingerprint density at radius 1 is 1.15 bits per heavy atom. The molecule has 144 valence electrons. The van der Waals surface area contributed by atoms with Gasteiger partial charge in [0.05, 0.1) is 23.8 Å². The van der Waals surface area contributed by atoms with Crippen LogP contribution < -0.4 is 10.1 Å². The summed E-state index contributed by atoms with van der Waals surface area (Å²) in [5.74, 6) is 0.831. The average Bonchev–Trinajstić information content (AvgIpc) is 2.68. The third kappa shape index (κ3) is 4.45. The number of benzene rings is 2. The van der Waals surface area contributed by atoms with Gasteiger partial charge in [-0.3, -0.25) is 0 Å². The second-order valence-electron chi connectivity index (χ2n) is 7.05. The van der Waals surface area contributed by atoms with Gasteiger partial charge < -0.3 is 15.0 Å². The molecular formula is C22H28ClN3O. The molecule has 0 aliphatic carbocycles. The van der Waals surface area contributed by atoms with E-state index in [1.807, 2.05) is 36.4 Å². The molecular weight excluding hydrogens is 358 g/mol. The minimum absolute atomic E-state index is 0.610. The quantitative estimate of drug-likeness (QED) is 0.405. The molecule has 3 rings (SSSR count). The second kappa shape index (κ2) is 8.77.